The summed E-state index contributed by atoms with van der Waals surface area (Å²) in [6.45, 7) is 4.96. The average molecular weight is 247 g/mol. The van der Waals surface area contributed by atoms with Gasteiger partial charge >= 0.3 is 6.09 Å². The molecule has 0 saturated carbocycles. The SMILES string of the molecule is CC(C)(C)OC(=O)N1CCC(F)(C(=O)NN)C1. The summed E-state index contributed by atoms with van der Waals surface area (Å²) in [5.41, 5.74) is -1.00. The molecule has 1 saturated heterocycles. The first kappa shape index (κ1) is 13.7. The number of carbonyl (C=O) groups excluding carboxylic acids is 2. The second-order valence-electron chi connectivity index (χ2n) is 5.09. The highest BCUT2D eigenvalue weighted by atomic mass is 19.1. The number of ether oxygens (including phenoxy) is 1. The van der Waals surface area contributed by atoms with Crippen LogP contribution in [0.15, 0.2) is 0 Å². The Hall–Kier alpha value is -1.37. The minimum Gasteiger partial charge on any atom is -0.444 e. The lowest BCUT2D eigenvalue weighted by Crippen LogP contribution is -2.48. The Morgan fingerprint density at radius 2 is 2.06 bits per heavy atom. The van der Waals surface area contributed by atoms with E-state index >= 15 is 0 Å². The maximum atomic E-state index is 14.0. The summed E-state index contributed by atoms with van der Waals surface area (Å²) in [5.74, 6) is 3.97. The van der Waals surface area contributed by atoms with Crippen molar-refractivity contribution in [3.63, 3.8) is 0 Å². The van der Waals surface area contributed by atoms with Gasteiger partial charge in [0.05, 0.1) is 6.54 Å². The Labute approximate surface area is 99.2 Å². The molecule has 0 aromatic carbocycles. The van der Waals surface area contributed by atoms with Crippen LogP contribution in [0, 0.1) is 0 Å². The van der Waals surface area contributed by atoms with Crippen LogP contribution >= 0.6 is 0 Å². The van der Waals surface area contributed by atoms with Crippen molar-refractivity contribution >= 4 is 12.0 Å². The first-order valence-electron chi connectivity index (χ1n) is 5.36. The smallest absolute Gasteiger partial charge is 0.410 e. The molecule has 7 heteroatoms. The quantitative estimate of drug-likeness (QED) is 0.397. The zero-order chi connectivity index (χ0) is 13.3. The lowest BCUT2D eigenvalue weighted by atomic mass is 10.1. The average Bonchev–Trinajstić information content (AvgIpc) is 2.58. The summed E-state index contributed by atoms with van der Waals surface area (Å²) in [4.78, 5) is 24.0. The van der Waals surface area contributed by atoms with Crippen LogP contribution in [0.4, 0.5) is 9.18 Å². The number of likely N-dealkylation sites (tertiary alicyclic amines) is 1. The Balaban J connectivity index is 2.62. The molecule has 0 aliphatic carbocycles. The lowest BCUT2D eigenvalue weighted by Gasteiger charge is -2.24. The molecule has 98 valence electrons. The number of alkyl halides is 1. The van der Waals surface area contributed by atoms with Crippen LogP contribution in [-0.2, 0) is 9.53 Å². The second-order valence-corrected chi connectivity index (χ2v) is 5.09. The molecule has 1 aliphatic rings. The van der Waals surface area contributed by atoms with E-state index in [9.17, 15) is 14.0 Å². The fourth-order valence-corrected chi connectivity index (χ4v) is 1.57. The number of hydrazine groups is 1. The van der Waals surface area contributed by atoms with E-state index in [2.05, 4.69) is 0 Å². The predicted octanol–water partition coefficient (Wildman–Crippen LogP) is 0.325. The third kappa shape index (κ3) is 3.29. The van der Waals surface area contributed by atoms with Gasteiger partial charge in [-0.05, 0) is 20.8 Å². The van der Waals surface area contributed by atoms with Crippen molar-refractivity contribution in [2.24, 2.45) is 5.84 Å². The number of nitrogens with two attached hydrogens (primary N) is 1. The Kier molecular flexibility index (Phi) is 3.61. The fourth-order valence-electron chi connectivity index (χ4n) is 1.57. The molecule has 0 spiro atoms. The van der Waals surface area contributed by atoms with Crippen molar-refractivity contribution in [3.05, 3.63) is 0 Å². The molecule has 0 aromatic heterocycles. The number of amides is 2. The van der Waals surface area contributed by atoms with Crippen molar-refractivity contribution < 1.29 is 18.7 Å². The van der Waals surface area contributed by atoms with Gasteiger partial charge in [0.15, 0.2) is 0 Å². The van der Waals surface area contributed by atoms with Gasteiger partial charge in [-0.25, -0.2) is 15.0 Å². The van der Waals surface area contributed by atoms with Gasteiger partial charge in [0, 0.05) is 13.0 Å². The van der Waals surface area contributed by atoms with Crippen LogP contribution in [0.25, 0.3) is 0 Å². The molecule has 1 atom stereocenters. The molecular formula is C10H18FN3O3. The van der Waals surface area contributed by atoms with Crippen LogP contribution < -0.4 is 11.3 Å². The molecule has 17 heavy (non-hydrogen) atoms. The van der Waals surface area contributed by atoms with Crippen molar-refractivity contribution in [3.8, 4) is 0 Å². The van der Waals surface area contributed by atoms with E-state index in [1.807, 2.05) is 0 Å². The molecule has 0 aromatic rings. The van der Waals surface area contributed by atoms with E-state index in [0.29, 0.717) is 0 Å². The van der Waals surface area contributed by atoms with Gasteiger partial charge in [-0.1, -0.05) is 0 Å². The molecular weight excluding hydrogens is 229 g/mol. The first-order valence-corrected chi connectivity index (χ1v) is 5.36. The van der Waals surface area contributed by atoms with E-state index in [4.69, 9.17) is 10.6 Å². The standard InChI is InChI=1S/C10H18FN3O3/c1-9(2,3)17-8(16)14-5-4-10(11,6-14)7(15)13-12/h4-6,12H2,1-3H3,(H,13,15). The molecule has 1 fully saturated rings. The van der Waals surface area contributed by atoms with Crippen LogP contribution in [0.2, 0.25) is 0 Å². The number of rotatable bonds is 1. The molecule has 1 heterocycles. The summed E-state index contributed by atoms with van der Waals surface area (Å²) in [6.07, 6.45) is -0.697. The normalized spacial score (nSPS) is 24.6. The van der Waals surface area contributed by atoms with Crippen molar-refractivity contribution in [1.82, 2.24) is 10.3 Å². The van der Waals surface area contributed by atoms with E-state index in [-0.39, 0.29) is 19.5 Å². The highest BCUT2D eigenvalue weighted by Gasteiger charge is 2.47. The van der Waals surface area contributed by atoms with E-state index < -0.39 is 23.3 Å². The second kappa shape index (κ2) is 4.48. The predicted molar refractivity (Wildman–Crippen MR) is 58.6 cm³/mol. The van der Waals surface area contributed by atoms with Crippen molar-refractivity contribution in [1.29, 1.82) is 0 Å². The van der Waals surface area contributed by atoms with Crippen LogP contribution in [0.1, 0.15) is 27.2 Å². The molecule has 6 nitrogen and oxygen atoms in total. The Bertz CT molecular complexity index is 329. The number of nitrogens with one attached hydrogen (secondary N) is 1. The monoisotopic (exact) mass is 247 g/mol. The summed E-state index contributed by atoms with van der Waals surface area (Å²) in [6, 6.07) is 0. The zero-order valence-electron chi connectivity index (χ0n) is 10.2. The van der Waals surface area contributed by atoms with Gasteiger partial charge in [0.25, 0.3) is 5.91 Å². The highest BCUT2D eigenvalue weighted by molar-refractivity contribution is 5.86. The number of carbonyl (C=O) groups is 2. The molecule has 2 amide bonds. The van der Waals surface area contributed by atoms with E-state index in [1.165, 1.54) is 4.90 Å². The first-order chi connectivity index (χ1) is 7.68. The largest absolute Gasteiger partial charge is 0.444 e. The van der Waals surface area contributed by atoms with Gasteiger partial charge in [0.2, 0.25) is 5.67 Å². The summed E-state index contributed by atoms with van der Waals surface area (Å²) in [5, 5.41) is 0. The van der Waals surface area contributed by atoms with Gasteiger partial charge in [-0.3, -0.25) is 10.2 Å². The van der Waals surface area contributed by atoms with Crippen LogP contribution in [0.3, 0.4) is 0 Å². The van der Waals surface area contributed by atoms with E-state index in [1.54, 1.807) is 26.2 Å². The van der Waals surface area contributed by atoms with Gasteiger partial charge in [0.1, 0.15) is 5.60 Å². The zero-order valence-corrected chi connectivity index (χ0v) is 10.2. The third-order valence-corrected chi connectivity index (χ3v) is 2.41. The summed E-state index contributed by atoms with van der Waals surface area (Å²) >= 11 is 0. The molecule has 1 rings (SSSR count). The topological polar surface area (TPSA) is 84.7 Å². The fraction of sp³-hybridized carbons (Fsp3) is 0.800. The lowest BCUT2D eigenvalue weighted by molar-refractivity contribution is -0.132. The summed E-state index contributed by atoms with van der Waals surface area (Å²) in [7, 11) is 0. The number of hydrogen-bond donors (Lipinski definition) is 2. The molecule has 1 aliphatic heterocycles. The van der Waals surface area contributed by atoms with Crippen molar-refractivity contribution in [2.75, 3.05) is 13.1 Å². The molecule has 3 N–H and O–H groups in total. The van der Waals surface area contributed by atoms with E-state index in [0.717, 1.165) is 0 Å². The number of halogens is 1. The minimum atomic E-state index is -2.12. The number of hydrogen-bond acceptors (Lipinski definition) is 4. The third-order valence-electron chi connectivity index (χ3n) is 2.41. The number of nitrogens with zero attached hydrogens (tertiary/aromatic N) is 1. The van der Waals surface area contributed by atoms with Crippen molar-refractivity contribution in [2.45, 2.75) is 38.5 Å². The molecule has 1 unspecified atom stereocenters. The molecule has 0 radical (unpaired) electrons. The minimum absolute atomic E-state index is 0.0741. The van der Waals surface area contributed by atoms with Crippen LogP contribution in [0.5, 0.6) is 0 Å². The highest BCUT2D eigenvalue weighted by Crippen LogP contribution is 2.27. The maximum absolute atomic E-state index is 14.0. The molecule has 0 bridgehead atoms. The Morgan fingerprint density at radius 3 is 2.53 bits per heavy atom. The Morgan fingerprint density at radius 1 is 1.47 bits per heavy atom. The summed E-state index contributed by atoms with van der Waals surface area (Å²) < 4.78 is 19.1. The van der Waals surface area contributed by atoms with Crippen LogP contribution in [-0.4, -0.2) is 41.3 Å². The van der Waals surface area contributed by atoms with Gasteiger partial charge < -0.3 is 9.64 Å². The maximum Gasteiger partial charge on any atom is 0.410 e. The van der Waals surface area contributed by atoms with Gasteiger partial charge in [-0.15, -0.1) is 0 Å². The van der Waals surface area contributed by atoms with Gasteiger partial charge in [-0.2, -0.15) is 0 Å².